The van der Waals surface area contributed by atoms with Gasteiger partial charge in [0.1, 0.15) is 18.1 Å². The SMILES string of the molecule is Cn1cc(COc2c(Cl)cccc2CNC(C)(C)C)nn1. The van der Waals surface area contributed by atoms with E-state index >= 15 is 0 Å². The molecule has 1 aromatic heterocycles. The first kappa shape index (κ1) is 15.8. The van der Waals surface area contributed by atoms with Crippen LogP contribution in [-0.2, 0) is 20.2 Å². The van der Waals surface area contributed by atoms with Crippen molar-refractivity contribution >= 4 is 11.6 Å². The summed E-state index contributed by atoms with van der Waals surface area (Å²) in [6.07, 6.45) is 1.82. The first-order valence-electron chi connectivity index (χ1n) is 6.85. The van der Waals surface area contributed by atoms with Crippen LogP contribution < -0.4 is 10.1 Å². The Morgan fingerprint density at radius 3 is 2.71 bits per heavy atom. The van der Waals surface area contributed by atoms with E-state index in [1.54, 1.807) is 4.68 Å². The van der Waals surface area contributed by atoms with Crippen LogP contribution in [0.4, 0.5) is 0 Å². The van der Waals surface area contributed by atoms with Gasteiger partial charge in [-0.1, -0.05) is 28.9 Å². The van der Waals surface area contributed by atoms with E-state index in [1.807, 2.05) is 31.4 Å². The monoisotopic (exact) mass is 308 g/mol. The van der Waals surface area contributed by atoms with E-state index in [0.717, 1.165) is 11.3 Å². The minimum absolute atomic E-state index is 0.0322. The predicted molar refractivity (Wildman–Crippen MR) is 83.4 cm³/mol. The van der Waals surface area contributed by atoms with Crippen LogP contribution in [0.2, 0.25) is 5.02 Å². The third-order valence-electron chi connectivity index (χ3n) is 2.87. The Kier molecular flexibility index (Phi) is 4.85. The molecule has 2 aromatic rings. The molecule has 0 amide bonds. The van der Waals surface area contributed by atoms with Gasteiger partial charge in [-0.3, -0.25) is 4.68 Å². The fraction of sp³-hybridized carbons (Fsp3) is 0.467. The van der Waals surface area contributed by atoms with E-state index in [9.17, 15) is 0 Å². The molecule has 1 N–H and O–H groups in total. The Balaban J connectivity index is 2.10. The maximum atomic E-state index is 6.26. The van der Waals surface area contributed by atoms with Crippen LogP contribution in [0.25, 0.3) is 0 Å². The van der Waals surface area contributed by atoms with Crippen LogP contribution in [0.5, 0.6) is 5.75 Å². The Hall–Kier alpha value is -1.59. The average Bonchev–Trinajstić information content (AvgIpc) is 2.80. The zero-order valence-corrected chi connectivity index (χ0v) is 13.6. The van der Waals surface area contributed by atoms with E-state index in [4.69, 9.17) is 16.3 Å². The number of aromatic nitrogens is 3. The second kappa shape index (κ2) is 6.45. The molecule has 0 spiro atoms. The van der Waals surface area contributed by atoms with Gasteiger partial charge in [0.15, 0.2) is 0 Å². The smallest absolute Gasteiger partial charge is 0.142 e. The highest BCUT2D eigenvalue weighted by Gasteiger charge is 2.13. The second-order valence-electron chi connectivity index (χ2n) is 6.00. The Bertz CT molecular complexity index is 604. The summed E-state index contributed by atoms with van der Waals surface area (Å²) in [5.74, 6) is 0.696. The van der Waals surface area contributed by atoms with Gasteiger partial charge in [-0.25, -0.2) is 0 Å². The molecular formula is C15H21ClN4O. The molecule has 5 nitrogen and oxygen atoms in total. The third kappa shape index (κ3) is 4.72. The minimum Gasteiger partial charge on any atom is -0.485 e. The number of halogens is 1. The first-order valence-corrected chi connectivity index (χ1v) is 7.23. The van der Waals surface area contributed by atoms with Gasteiger partial charge in [0.05, 0.1) is 11.2 Å². The molecule has 0 unspecified atom stereocenters. The van der Waals surface area contributed by atoms with Crippen LogP contribution in [0.3, 0.4) is 0 Å². The van der Waals surface area contributed by atoms with Crippen LogP contribution >= 0.6 is 11.6 Å². The molecule has 0 saturated carbocycles. The number of aryl methyl sites for hydroxylation is 1. The Morgan fingerprint density at radius 1 is 1.33 bits per heavy atom. The van der Waals surface area contributed by atoms with Crippen molar-refractivity contribution in [1.29, 1.82) is 0 Å². The van der Waals surface area contributed by atoms with Gasteiger partial charge in [0.25, 0.3) is 0 Å². The lowest BCUT2D eigenvalue weighted by Gasteiger charge is -2.22. The molecule has 0 atom stereocenters. The highest BCUT2D eigenvalue weighted by Crippen LogP contribution is 2.29. The van der Waals surface area contributed by atoms with Gasteiger partial charge < -0.3 is 10.1 Å². The van der Waals surface area contributed by atoms with Gasteiger partial charge >= 0.3 is 0 Å². The lowest BCUT2D eigenvalue weighted by Crippen LogP contribution is -2.35. The number of para-hydroxylation sites is 1. The summed E-state index contributed by atoms with van der Waals surface area (Å²) in [6, 6.07) is 5.77. The largest absolute Gasteiger partial charge is 0.485 e. The van der Waals surface area contributed by atoms with Gasteiger partial charge in [0, 0.05) is 24.7 Å². The Morgan fingerprint density at radius 2 is 2.10 bits per heavy atom. The summed E-state index contributed by atoms with van der Waals surface area (Å²) < 4.78 is 7.49. The van der Waals surface area contributed by atoms with E-state index in [-0.39, 0.29) is 5.54 Å². The van der Waals surface area contributed by atoms with Crippen LogP contribution in [0, 0.1) is 0 Å². The lowest BCUT2D eigenvalue weighted by atomic mass is 10.1. The van der Waals surface area contributed by atoms with Crippen molar-refractivity contribution < 1.29 is 4.74 Å². The number of hydrogen-bond acceptors (Lipinski definition) is 4. The molecule has 0 aliphatic rings. The van der Waals surface area contributed by atoms with E-state index in [0.29, 0.717) is 23.9 Å². The zero-order chi connectivity index (χ0) is 15.5. The highest BCUT2D eigenvalue weighted by atomic mass is 35.5. The number of nitrogens with one attached hydrogen (secondary N) is 1. The molecule has 0 radical (unpaired) electrons. The van der Waals surface area contributed by atoms with E-state index in [2.05, 4.69) is 36.4 Å². The molecule has 0 fully saturated rings. The molecule has 1 aromatic carbocycles. The maximum Gasteiger partial charge on any atom is 0.142 e. The van der Waals surface area contributed by atoms with Crippen LogP contribution in [-0.4, -0.2) is 20.5 Å². The van der Waals surface area contributed by atoms with Crippen molar-refractivity contribution in [3.05, 3.63) is 40.7 Å². The second-order valence-corrected chi connectivity index (χ2v) is 6.41. The van der Waals surface area contributed by atoms with Crippen molar-refractivity contribution in [3.63, 3.8) is 0 Å². The third-order valence-corrected chi connectivity index (χ3v) is 3.17. The molecule has 0 aliphatic heterocycles. The topological polar surface area (TPSA) is 52.0 Å². The van der Waals surface area contributed by atoms with Crippen molar-refractivity contribution in [2.24, 2.45) is 7.05 Å². The van der Waals surface area contributed by atoms with Crippen molar-refractivity contribution in [2.45, 2.75) is 39.5 Å². The average molecular weight is 309 g/mol. The normalized spacial score (nSPS) is 11.7. The van der Waals surface area contributed by atoms with Crippen molar-refractivity contribution in [2.75, 3.05) is 0 Å². The van der Waals surface area contributed by atoms with E-state index in [1.165, 1.54) is 0 Å². The molecule has 2 rings (SSSR count). The lowest BCUT2D eigenvalue weighted by molar-refractivity contribution is 0.295. The van der Waals surface area contributed by atoms with Crippen LogP contribution in [0.1, 0.15) is 32.0 Å². The zero-order valence-electron chi connectivity index (χ0n) is 12.9. The summed E-state index contributed by atoms with van der Waals surface area (Å²) in [7, 11) is 1.82. The van der Waals surface area contributed by atoms with Gasteiger partial charge in [-0.15, -0.1) is 5.10 Å². The Labute approximate surface area is 130 Å². The number of hydrogen-bond donors (Lipinski definition) is 1. The minimum atomic E-state index is 0.0322. The number of ether oxygens (including phenoxy) is 1. The van der Waals surface area contributed by atoms with Crippen LogP contribution in [0.15, 0.2) is 24.4 Å². The predicted octanol–water partition coefficient (Wildman–Crippen LogP) is 2.94. The first-order chi connectivity index (χ1) is 9.85. The summed E-state index contributed by atoms with van der Waals surface area (Å²) in [6.45, 7) is 7.41. The molecule has 6 heteroatoms. The molecule has 1 heterocycles. The summed E-state index contributed by atoms with van der Waals surface area (Å²) in [4.78, 5) is 0. The molecule has 0 bridgehead atoms. The molecule has 21 heavy (non-hydrogen) atoms. The highest BCUT2D eigenvalue weighted by molar-refractivity contribution is 6.32. The molecule has 0 aliphatic carbocycles. The standard InChI is InChI=1S/C15H21ClN4O/c1-15(2,3)17-8-11-6-5-7-13(16)14(11)21-10-12-9-20(4)19-18-12/h5-7,9,17H,8,10H2,1-4H3. The van der Waals surface area contributed by atoms with E-state index < -0.39 is 0 Å². The summed E-state index contributed by atoms with van der Waals surface area (Å²) in [5, 5.41) is 11.9. The molecule has 0 saturated heterocycles. The summed E-state index contributed by atoms with van der Waals surface area (Å²) >= 11 is 6.26. The van der Waals surface area contributed by atoms with Crippen molar-refractivity contribution in [1.82, 2.24) is 20.3 Å². The van der Waals surface area contributed by atoms with Gasteiger partial charge in [-0.05, 0) is 26.8 Å². The molecule has 114 valence electrons. The fourth-order valence-electron chi connectivity index (χ4n) is 1.82. The quantitative estimate of drug-likeness (QED) is 0.922. The molecular weight excluding hydrogens is 288 g/mol. The number of rotatable bonds is 5. The summed E-state index contributed by atoms with van der Waals surface area (Å²) in [5.41, 5.74) is 1.83. The maximum absolute atomic E-state index is 6.26. The number of benzene rings is 1. The van der Waals surface area contributed by atoms with Gasteiger partial charge in [-0.2, -0.15) is 0 Å². The van der Waals surface area contributed by atoms with Gasteiger partial charge in [0.2, 0.25) is 0 Å². The number of nitrogens with zero attached hydrogens (tertiary/aromatic N) is 3. The fourth-order valence-corrected chi connectivity index (χ4v) is 2.07. The van der Waals surface area contributed by atoms with Crippen molar-refractivity contribution in [3.8, 4) is 5.75 Å².